The Kier molecular flexibility index (Phi) is 3.51. The average Bonchev–Trinajstić information content (AvgIpc) is 2.39. The molecule has 4 heteroatoms. The van der Waals surface area contributed by atoms with Crippen LogP contribution < -0.4 is 0 Å². The van der Waals surface area contributed by atoms with E-state index < -0.39 is 0 Å². The molecule has 1 aromatic heterocycles. The van der Waals surface area contributed by atoms with Gasteiger partial charge in [0.25, 0.3) is 5.91 Å². The van der Waals surface area contributed by atoms with Gasteiger partial charge in [0.15, 0.2) is 0 Å². The van der Waals surface area contributed by atoms with Crippen LogP contribution in [0.3, 0.4) is 0 Å². The number of carbonyl (C=O) groups is 1. The van der Waals surface area contributed by atoms with Crippen LogP contribution in [0.5, 0.6) is 0 Å². The number of hydrogen-bond acceptors (Lipinski definition) is 3. The van der Waals surface area contributed by atoms with Crippen molar-refractivity contribution >= 4 is 5.91 Å². The number of aliphatic hydroxyl groups excluding tert-OH is 1. The molecule has 0 bridgehead atoms. The fourth-order valence-electron chi connectivity index (χ4n) is 1.99. The molecule has 0 aliphatic carbocycles. The van der Waals surface area contributed by atoms with E-state index in [0.29, 0.717) is 11.5 Å². The van der Waals surface area contributed by atoms with E-state index >= 15 is 0 Å². The number of amides is 1. The molecule has 1 aliphatic rings. The van der Waals surface area contributed by atoms with Gasteiger partial charge in [-0.25, -0.2) is 0 Å². The Morgan fingerprint density at radius 1 is 1.50 bits per heavy atom. The number of hydrogen-bond donors (Lipinski definition) is 1. The van der Waals surface area contributed by atoms with Crippen molar-refractivity contribution in [3.63, 3.8) is 0 Å². The second kappa shape index (κ2) is 5.07. The summed E-state index contributed by atoms with van der Waals surface area (Å²) in [7, 11) is 0. The molecule has 0 atom stereocenters. The first kappa shape index (κ1) is 11.1. The molecule has 16 heavy (non-hydrogen) atoms. The Hall–Kier alpha value is -1.42. The van der Waals surface area contributed by atoms with Crippen molar-refractivity contribution < 1.29 is 9.90 Å². The lowest BCUT2D eigenvalue weighted by molar-refractivity contribution is 0.0650. The van der Waals surface area contributed by atoms with Gasteiger partial charge >= 0.3 is 0 Å². The highest BCUT2D eigenvalue weighted by molar-refractivity contribution is 5.93. The lowest BCUT2D eigenvalue weighted by atomic mass is 9.97. The highest BCUT2D eigenvalue weighted by atomic mass is 16.3. The maximum atomic E-state index is 12.0. The van der Waals surface area contributed by atoms with Crippen LogP contribution in [0.2, 0.25) is 0 Å². The van der Waals surface area contributed by atoms with Crippen LogP contribution in [0, 0.1) is 5.92 Å². The summed E-state index contributed by atoms with van der Waals surface area (Å²) in [6.07, 6.45) is 5.04. The van der Waals surface area contributed by atoms with E-state index in [9.17, 15) is 4.79 Å². The van der Waals surface area contributed by atoms with Gasteiger partial charge in [-0.3, -0.25) is 9.78 Å². The molecule has 0 unspecified atom stereocenters. The molecule has 1 amide bonds. The first-order chi connectivity index (χ1) is 7.81. The largest absolute Gasteiger partial charge is 0.396 e. The van der Waals surface area contributed by atoms with Gasteiger partial charge < -0.3 is 10.0 Å². The predicted molar refractivity (Wildman–Crippen MR) is 60.0 cm³/mol. The number of likely N-dealkylation sites (tertiary alicyclic amines) is 1. The van der Waals surface area contributed by atoms with Gasteiger partial charge in [0, 0.05) is 32.1 Å². The molecule has 1 saturated heterocycles. The molecule has 2 rings (SSSR count). The van der Waals surface area contributed by atoms with E-state index in [4.69, 9.17) is 5.11 Å². The molecule has 86 valence electrons. The zero-order valence-corrected chi connectivity index (χ0v) is 9.17. The number of carbonyl (C=O) groups excluding carboxylic acids is 1. The standard InChI is InChI=1S/C12H16N2O2/c15-9-10-3-6-14(7-4-10)12(16)11-2-1-5-13-8-11/h1-2,5,8,10,15H,3-4,6-7,9H2. The summed E-state index contributed by atoms with van der Waals surface area (Å²) in [5.41, 5.74) is 0.643. The number of piperidine rings is 1. The molecule has 1 N–H and O–H groups in total. The minimum Gasteiger partial charge on any atom is -0.396 e. The van der Waals surface area contributed by atoms with Crippen molar-refractivity contribution in [1.29, 1.82) is 0 Å². The number of nitrogens with zero attached hydrogens (tertiary/aromatic N) is 2. The molecule has 0 saturated carbocycles. The zero-order valence-electron chi connectivity index (χ0n) is 9.17. The average molecular weight is 220 g/mol. The highest BCUT2D eigenvalue weighted by Crippen LogP contribution is 2.18. The lowest BCUT2D eigenvalue weighted by Crippen LogP contribution is -2.39. The fourth-order valence-corrected chi connectivity index (χ4v) is 1.99. The Labute approximate surface area is 94.9 Å². The molecular formula is C12H16N2O2. The van der Waals surface area contributed by atoms with E-state index in [-0.39, 0.29) is 12.5 Å². The van der Waals surface area contributed by atoms with Crippen LogP contribution in [0.25, 0.3) is 0 Å². The molecule has 1 fully saturated rings. The van der Waals surface area contributed by atoms with Gasteiger partial charge in [-0.2, -0.15) is 0 Å². The molecule has 0 aromatic carbocycles. The summed E-state index contributed by atoms with van der Waals surface area (Å²) in [5, 5.41) is 9.02. The molecule has 0 radical (unpaired) electrons. The van der Waals surface area contributed by atoms with Crippen molar-refractivity contribution in [3.05, 3.63) is 30.1 Å². The molecule has 1 aromatic rings. The summed E-state index contributed by atoms with van der Waals surface area (Å²) < 4.78 is 0. The quantitative estimate of drug-likeness (QED) is 0.806. The lowest BCUT2D eigenvalue weighted by Gasteiger charge is -2.31. The predicted octanol–water partition coefficient (Wildman–Crippen LogP) is 0.926. The number of pyridine rings is 1. The topological polar surface area (TPSA) is 53.4 Å². The summed E-state index contributed by atoms with van der Waals surface area (Å²) in [5.74, 6) is 0.405. The first-order valence-electron chi connectivity index (χ1n) is 5.61. The second-order valence-electron chi connectivity index (χ2n) is 4.16. The third-order valence-corrected chi connectivity index (χ3v) is 3.07. The molecule has 2 heterocycles. The van der Waals surface area contributed by atoms with E-state index in [1.54, 1.807) is 24.5 Å². The minimum atomic E-state index is 0.0458. The SMILES string of the molecule is O=C(c1cccnc1)N1CCC(CO)CC1. The Bertz CT molecular complexity index is 345. The van der Waals surface area contributed by atoms with Crippen LogP contribution in [0.15, 0.2) is 24.5 Å². The smallest absolute Gasteiger partial charge is 0.255 e. The first-order valence-corrected chi connectivity index (χ1v) is 5.61. The Morgan fingerprint density at radius 3 is 2.81 bits per heavy atom. The Balaban J connectivity index is 1.97. The van der Waals surface area contributed by atoms with Crippen molar-refractivity contribution in [2.24, 2.45) is 5.92 Å². The zero-order chi connectivity index (χ0) is 11.4. The van der Waals surface area contributed by atoms with E-state index in [0.717, 1.165) is 25.9 Å². The highest BCUT2D eigenvalue weighted by Gasteiger charge is 2.22. The Morgan fingerprint density at radius 2 is 2.25 bits per heavy atom. The van der Waals surface area contributed by atoms with E-state index in [1.165, 1.54) is 0 Å². The summed E-state index contributed by atoms with van der Waals surface area (Å²) in [6, 6.07) is 3.56. The van der Waals surface area contributed by atoms with Gasteiger partial charge in [-0.15, -0.1) is 0 Å². The van der Waals surface area contributed by atoms with Crippen LogP contribution in [-0.4, -0.2) is 40.6 Å². The number of aromatic nitrogens is 1. The van der Waals surface area contributed by atoms with Gasteiger partial charge in [-0.1, -0.05) is 0 Å². The van der Waals surface area contributed by atoms with E-state index in [2.05, 4.69) is 4.98 Å². The van der Waals surface area contributed by atoms with Crippen molar-refractivity contribution in [2.75, 3.05) is 19.7 Å². The maximum absolute atomic E-state index is 12.0. The van der Waals surface area contributed by atoms with E-state index in [1.807, 2.05) is 4.90 Å². The molecular weight excluding hydrogens is 204 g/mol. The summed E-state index contributed by atoms with van der Waals surface area (Å²) in [6.45, 7) is 1.70. The molecule has 4 nitrogen and oxygen atoms in total. The van der Waals surface area contributed by atoms with Crippen molar-refractivity contribution in [2.45, 2.75) is 12.8 Å². The maximum Gasteiger partial charge on any atom is 0.255 e. The van der Waals surface area contributed by atoms with Gasteiger partial charge in [0.2, 0.25) is 0 Å². The van der Waals surface area contributed by atoms with Gasteiger partial charge in [0.05, 0.1) is 5.56 Å². The third-order valence-electron chi connectivity index (χ3n) is 3.07. The molecule has 1 aliphatic heterocycles. The normalized spacial score (nSPS) is 17.4. The van der Waals surface area contributed by atoms with Crippen molar-refractivity contribution in [3.8, 4) is 0 Å². The fraction of sp³-hybridized carbons (Fsp3) is 0.500. The van der Waals surface area contributed by atoms with Gasteiger partial charge in [0.1, 0.15) is 0 Å². The van der Waals surface area contributed by atoms with Crippen LogP contribution in [-0.2, 0) is 0 Å². The summed E-state index contributed by atoms with van der Waals surface area (Å²) in [4.78, 5) is 17.8. The number of rotatable bonds is 2. The van der Waals surface area contributed by atoms with Gasteiger partial charge in [-0.05, 0) is 30.9 Å². The third kappa shape index (κ3) is 2.39. The van der Waals surface area contributed by atoms with Crippen LogP contribution in [0.1, 0.15) is 23.2 Å². The second-order valence-corrected chi connectivity index (χ2v) is 4.16. The minimum absolute atomic E-state index is 0.0458. The monoisotopic (exact) mass is 220 g/mol. The van der Waals surface area contributed by atoms with Crippen molar-refractivity contribution in [1.82, 2.24) is 9.88 Å². The summed E-state index contributed by atoms with van der Waals surface area (Å²) >= 11 is 0. The van der Waals surface area contributed by atoms with Crippen LogP contribution >= 0.6 is 0 Å². The van der Waals surface area contributed by atoms with Crippen LogP contribution in [0.4, 0.5) is 0 Å². The number of aliphatic hydroxyl groups is 1. The molecule has 0 spiro atoms.